The Morgan fingerprint density at radius 1 is 0.923 bits per heavy atom. The summed E-state index contributed by atoms with van der Waals surface area (Å²) in [6, 6.07) is 13.3. The summed E-state index contributed by atoms with van der Waals surface area (Å²) in [5.41, 5.74) is 4.02. The van der Waals surface area contributed by atoms with Crippen molar-refractivity contribution in [2.45, 2.75) is 25.7 Å². The van der Waals surface area contributed by atoms with Crippen LogP contribution in [0.1, 0.15) is 24.0 Å². The maximum Gasteiger partial charge on any atom is 0.123 e. The fourth-order valence-corrected chi connectivity index (χ4v) is 4.07. The molecule has 2 aromatic rings. The van der Waals surface area contributed by atoms with E-state index >= 15 is 0 Å². The minimum atomic E-state index is -0.170. The van der Waals surface area contributed by atoms with E-state index in [0.29, 0.717) is 0 Å². The first-order valence-corrected chi connectivity index (χ1v) is 9.76. The van der Waals surface area contributed by atoms with Crippen LogP contribution in [0, 0.1) is 5.82 Å². The summed E-state index contributed by atoms with van der Waals surface area (Å²) in [6.07, 6.45) is 4.68. The molecule has 0 aromatic heterocycles. The number of piperazine rings is 1. The number of hydrogen-bond donors (Lipinski definition) is 0. The van der Waals surface area contributed by atoms with Gasteiger partial charge < -0.3 is 9.64 Å². The van der Waals surface area contributed by atoms with Gasteiger partial charge in [-0.15, -0.1) is 0 Å². The van der Waals surface area contributed by atoms with Gasteiger partial charge in [0.25, 0.3) is 0 Å². The van der Waals surface area contributed by atoms with Crippen molar-refractivity contribution < 1.29 is 9.13 Å². The highest BCUT2D eigenvalue weighted by Gasteiger charge is 2.18. The number of anilines is 1. The van der Waals surface area contributed by atoms with Crippen LogP contribution >= 0.6 is 0 Å². The van der Waals surface area contributed by atoms with Gasteiger partial charge in [-0.3, -0.25) is 4.90 Å². The van der Waals surface area contributed by atoms with Crippen LogP contribution < -0.4 is 9.64 Å². The van der Waals surface area contributed by atoms with E-state index in [1.165, 1.54) is 24.0 Å². The molecule has 0 bridgehead atoms. The fourth-order valence-electron chi connectivity index (χ4n) is 4.07. The third-order valence-electron chi connectivity index (χ3n) is 5.54. The molecule has 4 heteroatoms. The predicted molar refractivity (Wildman–Crippen MR) is 104 cm³/mol. The highest BCUT2D eigenvalue weighted by molar-refractivity contribution is 5.46. The first-order valence-electron chi connectivity index (χ1n) is 9.76. The van der Waals surface area contributed by atoms with E-state index in [0.717, 1.165) is 63.6 Å². The minimum absolute atomic E-state index is 0.170. The largest absolute Gasteiger partial charge is 0.493 e. The summed E-state index contributed by atoms with van der Waals surface area (Å²) < 4.78 is 19.1. The van der Waals surface area contributed by atoms with Gasteiger partial charge in [0, 0.05) is 38.4 Å². The number of nitrogens with zero attached hydrogens (tertiary/aromatic N) is 2. The zero-order valence-electron chi connectivity index (χ0n) is 15.3. The van der Waals surface area contributed by atoms with Crippen LogP contribution in [-0.4, -0.2) is 44.2 Å². The molecule has 0 amide bonds. The summed E-state index contributed by atoms with van der Waals surface area (Å²) in [5, 5.41) is 0. The van der Waals surface area contributed by atoms with Gasteiger partial charge in [-0.2, -0.15) is 0 Å². The maximum absolute atomic E-state index is 13.0. The summed E-state index contributed by atoms with van der Waals surface area (Å²) in [6.45, 7) is 5.97. The van der Waals surface area contributed by atoms with Crippen LogP contribution in [-0.2, 0) is 12.8 Å². The fraction of sp³-hybridized carbons (Fsp3) is 0.455. The standard InChI is InChI=1S/C22H27FN2O/c23-19-8-10-20(11-9-19)25-15-13-24(14-16-25)12-3-17-26-22-7-2-5-18-4-1-6-21(18)22/h2,5,7-11H,1,3-4,6,12-17H2. The van der Waals surface area contributed by atoms with E-state index in [1.54, 1.807) is 12.1 Å². The predicted octanol–water partition coefficient (Wildman–Crippen LogP) is 3.91. The monoisotopic (exact) mass is 354 g/mol. The highest BCUT2D eigenvalue weighted by Crippen LogP contribution is 2.30. The molecule has 0 radical (unpaired) electrons. The number of ether oxygens (including phenoxy) is 1. The second-order valence-electron chi connectivity index (χ2n) is 7.25. The molecule has 0 unspecified atom stereocenters. The van der Waals surface area contributed by atoms with Crippen LogP contribution in [0.15, 0.2) is 42.5 Å². The molecule has 3 nitrogen and oxygen atoms in total. The van der Waals surface area contributed by atoms with Gasteiger partial charge in [-0.25, -0.2) is 4.39 Å². The average Bonchev–Trinajstić information content (AvgIpc) is 3.16. The van der Waals surface area contributed by atoms with Crippen LogP contribution in [0.3, 0.4) is 0 Å². The van der Waals surface area contributed by atoms with Crippen molar-refractivity contribution in [3.05, 3.63) is 59.4 Å². The summed E-state index contributed by atoms with van der Waals surface area (Å²) in [5.74, 6) is 0.928. The van der Waals surface area contributed by atoms with Crippen molar-refractivity contribution in [1.82, 2.24) is 4.90 Å². The molecule has 0 N–H and O–H groups in total. The normalized spacial score (nSPS) is 17.3. The molecule has 1 aliphatic heterocycles. The van der Waals surface area contributed by atoms with E-state index in [1.807, 2.05) is 12.1 Å². The van der Waals surface area contributed by atoms with Gasteiger partial charge in [-0.1, -0.05) is 12.1 Å². The number of aryl methyl sites for hydroxylation is 1. The number of benzene rings is 2. The molecule has 2 aliphatic rings. The number of halogens is 1. The summed E-state index contributed by atoms with van der Waals surface area (Å²) in [4.78, 5) is 4.83. The van der Waals surface area contributed by atoms with Crippen LogP contribution in [0.5, 0.6) is 5.75 Å². The number of rotatable bonds is 6. The second kappa shape index (κ2) is 8.09. The Bertz CT molecular complexity index is 723. The third kappa shape index (κ3) is 4.01. The lowest BCUT2D eigenvalue weighted by molar-refractivity contribution is 0.224. The van der Waals surface area contributed by atoms with Crippen molar-refractivity contribution in [1.29, 1.82) is 0 Å². The molecule has 1 heterocycles. The van der Waals surface area contributed by atoms with E-state index in [2.05, 4.69) is 28.0 Å². The molecular weight excluding hydrogens is 327 g/mol. The maximum atomic E-state index is 13.0. The van der Waals surface area contributed by atoms with Gasteiger partial charge in [0.15, 0.2) is 0 Å². The first kappa shape index (κ1) is 17.3. The molecular formula is C22H27FN2O. The molecule has 26 heavy (non-hydrogen) atoms. The van der Waals surface area contributed by atoms with Gasteiger partial charge in [0.2, 0.25) is 0 Å². The Morgan fingerprint density at radius 2 is 1.73 bits per heavy atom. The highest BCUT2D eigenvalue weighted by atomic mass is 19.1. The van der Waals surface area contributed by atoms with Gasteiger partial charge in [0.05, 0.1) is 6.61 Å². The van der Waals surface area contributed by atoms with Gasteiger partial charge >= 0.3 is 0 Å². The van der Waals surface area contributed by atoms with Crippen molar-refractivity contribution >= 4 is 5.69 Å². The van der Waals surface area contributed by atoms with Gasteiger partial charge in [0.1, 0.15) is 11.6 Å². The molecule has 2 aromatic carbocycles. The van der Waals surface area contributed by atoms with Crippen molar-refractivity contribution in [3.63, 3.8) is 0 Å². The van der Waals surface area contributed by atoms with E-state index < -0.39 is 0 Å². The molecule has 1 saturated heterocycles. The van der Waals surface area contributed by atoms with Gasteiger partial charge in [-0.05, 0) is 67.1 Å². The Labute approximate surface area is 155 Å². The molecule has 4 rings (SSSR count). The Morgan fingerprint density at radius 3 is 2.54 bits per heavy atom. The lowest BCUT2D eigenvalue weighted by Crippen LogP contribution is -2.46. The Balaban J connectivity index is 1.19. The van der Waals surface area contributed by atoms with Crippen molar-refractivity contribution in [2.75, 3.05) is 44.2 Å². The van der Waals surface area contributed by atoms with E-state index in [9.17, 15) is 4.39 Å². The van der Waals surface area contributed by atoms with Crippen LogP contribution in [0.25, 0.3) is 0 Å². The lowest BCUT2D eigenvalue weighted by atomic mass is 10.1. The number of fused-ring (bicyclic) bond motifs is 1. The second-order valence-corrected chi connectivity index (χ2v) is 7.25. The molecule has 1 fully saturated rings. The SMILES string of the molecule is Fc1ccc(N2CCN(CCCOc3cccc4c3CCC4)CC2)cc1. The van der Waals surface area contributed by atoms with Crippen LogP contribution in [0.4, 0.5) is 10.1 Å². The topological polar surface area (TPSA) is 15.7 Å². The molecule has 1 aliphatic carbocycles. The van der Waals surface area contributed by atoms with Crippen molar-refractivity contribution in [2.24, 2.45) is 0 Å². The summed E-state index contributed by atoms with van der Waals surface area (Å²) in [7, 11) is 0. The van der Waals surface area contributed by atoms with Crippen LogP contribution in [0.2, 0.25) is 0 Å². The zero-order chi connectivity index (χ0) is 17.8. The van der Waals surface area contributed by atoms with Crippen molar-refractivity contribution in [3.8, 4) is 5.75 Å². The molecule has 0 saturated carbocycles. The molecule has 0 spiro atoms. The quantitative estimate of drug-likeness (QED) is 0.732. The van der Waals surface area contributed by atoms with E-state index in [4.69, 9.17) is 4.74 Å². The molecule has 138 valence electrons. The summed E-state index contributed by atoms with van der Waals surface area (Å²) >= 11 is 0. The Kier molecular flexibility index (Phi) is 5.40. The number of hydrogen-bond acceptors (Lipinski definition) is 3. The van der Waals surface area contributed by atoms with E-state index in [-0.39, 0.29) is 5.82 Å². The third-order valence-corrected chi connectivity index (χ3v) is 5.54. The minimum Gasteiger partial charge on any atom is -0.493 e. The Hall–Kier alpha value is -2.07. The molecule has 0 atom stereocenters. The smallest absolute Gasteiger partial charge is 0.123 e. The zero-order valence-corrected chi connectivity index (χ0v) is 15.3. The lowest BCUT2D eigenvalue weighted by Gasteiger charge is -2.36. The first-order chi connectivity index (χ1) is 12.8. The average molecular weight is 354 g/mol.